The van der Waals surface area contributed by atoms with Gasteiger partial charge in [0.2, 0.25) is 5.60 Å². The van der Waals surface area contributed by atoms with E-state index in [0.717, 1.165) is 18.9 Å². The number of fused-ring (bicyclic) bond motifs is 1. The van der Waals surface area contributed by atoms with Gasteiger partial charge in [0.1, 0.15) is 6.10 Å². The Morgan fingerprint density at radius 1 is 1.40 bits per heavy atom. The first kappa shape index (κ1) is 18.3. The number of rotatable bonds is 4. The minimum Gasteiger partial charge on any atom is -0.344 e. The molecule has 7 heteroatoms. The summed E-state index contributed by atoms with van der Waals surface area (Å²) >= 11 is 5.96. The molecule has 1 amide bonds. The van der Waals surface area contributed by atoms with Crippen molar-refractivity contribution in [1.29, 1.82) is 0 Å². The summed E-state index contributed by atoms with van der Waals surface area (Å²) in [5.74, 6) is -0.446. The molecule has 3 rings (SSSR count). The number of anilines is 1. The van der Waals surface area contributed by atoms with E-state index >= 15 is 0 Å². The van der Waals surface area contributed by atoms with Gasteiger partial charge in [-0.05, 0) is 49.5 Å². The predicted octanol–water partition coefficient (Wildman–Crippen LogP) is 5.20. The maximum atomic E-state index is 14.2. The predicted molar refractivity (Wildman–Crippen MR) is 89.5 cm³/mol. The second kappa shape index (κ2) is 6.65. The van der Waals surface area contributed by atoms with Crippen LogP contribution in [-0.4, -0.2) is 18.2 Å². The summed E-state index contributed by atoms with van der Waals surface area (Å²) in [6.45, 7) is 1.79. The lowest BCUT2D eigenvalue weighted by Crippen LogP contribution is -2.46. The molecule has 136 valence electrons. The number of allylic oxidation sites excluding steroid dienone is 1. The molecular formula is C18H19ClF3NO2. The van der Waals surface area contributed by atoms with Crippen molar-refractivity contribution >= 4 is 23.2 Å². The molecular weight excluding hydrogens is 355 g/mol. The summed E-state index contributed by atoms with van der Waals surface area (Å²) in [6.07, 6.45) is -0.889. The molecule has 2 atom stereocenters. The number of nitrogens with one attached hydrogen (secondary N) is 1. The second-order valence-electron chi connectivity index (χ2n) is 6.50. The summed E-state index contributed by atoms with van der Waals surface area (Å²) in [5.41, 5.74) is -2.81. The highest BCUT2D eigenvalue weighted by atomic mass is 35.5. The minimum absolute atomic E-state index is 0.0748. The fourth-order valence-electron chi connectivity index (χ4n) is 2.94. The molecule has 1 N–H and O–H groups in total. The van der Waals surface area contributed by atoms with Gasteiger partial charge in [-0.2, -0.15) is 13.2 Å². The highest BCUT2D eigenvalue weighted by molar-refractivity contribution is 6.30. The van der Waals surface area contributed by atoms with Crippen LogP contribution >= 0.6 is 11.6 Å². The maximum Gasteiger partial charge on any atom is 0.425 e. The molecule has 0 aromatic heterocycles. The number of hydrogen-bond donors (Lipinski definition) is 1. The van der Waals surface area contributed by atoms with E-state index in [2.05, 4.69) is 5.32 Å². The van der Waals surface area contributed by atoms with Gasteiger partial charge >= 0.3 is 6.18 Å². The van der Waals surface area contributed by atoms with Crippen molar-refractivity contribution in [2.45, 2.75) is 50.5 Å². The van der Waals surface area contributed by atoms with Crippen LogP contribution in [0.5, 0.6) is 0 Å². The van der Waals surface area contributed by atoms with Crippen LogP contribution in [-0.2, 0) is 15.1 Å². The number of halogens is 4. The molecule has 1 aliphatic carbocycles. The largest absolute Gasteiger partial charge is 0.425 e. The third-order valence-corrected chi connectivity index (χ3v) is 4.69. The molecule has 0 saturated heterocycles. The highest BCUT2D eigenvalue weighted by Gasteiger charge is 2.59. The molecule has 3 nitrogen and oxygen atoms in total. The molecule has 0 spiro atoms. The average molecular weight is 374 g/mol. The topological polar surface area (TPSA) is 38.3 Å². The smallest absolute Gasteiger partial charge is 0.344 e. The van der Waals surface area contributed by atoms with Gasteiger partial charge in [0.05, 0.1) is 0 Å². The van der Waals surface area contributed by atoms with E-state index in [1.54, 1.807) is 6.92 Å². The quantitative estimate of drug-likeness (QED) is 0.736. The van der Waals surface area contributed by atoms with E-state index in [9.17, 15) is 18.0 Å². The van der Waals surface area contributed by atoms with Gasteiger partial charge < -0.3 is 10.1 Å². The van der Waals surface area contributed by atoms with E-state index in [1.807, 2.05) is 0 Å². The molecule has 0 radical (unpaired) electrons. The van der Waals surface area contributed by atoms with E-state index in [4.69, 9.17) is 16.3 Å². The normalized spacial score (nSPS) is 27.1. The summed E-state index contributed by atoms with van der Waals surface area (Å²) in [4.78, 5) is 12.4. The van der Waals surface area contributed by atoms with Crippen LogP contribution in [0, 0.1) is 5.92 Å². The van der Waals surface area contributed by atoms with Crippen LogP contribution in [0.3, 0.4) is 0 Å². The fraction of sp³-hybridized carbons (Fsp3) is 0.500. The molecule has 1 heterocycles. The van der Waals surface area contributed by atoms with Crippen LogP contribution in [0.1, 0.15) is 38.2 Å². The number of carbonyl (C=O) groups excluding carboxylic acids is 1. The van der Waals surface area contributed by atoms with Crippen LogP contribution < -0.4 is 5.32 Å². The highest BCUT2D eigenvalue weighted by Crippen LogP contribution is 2.50. The van der Waals surface area contributed by atoms with Crippen LogP contribution in [0.4, 0.5) is 18.9 Å². The van der Waals surface area contributed by atoms with E-state index in [-0.39, 0.29) is 28.6 Å². The Hall–Kier alpha value is -1.53. The lowest BCUT2D eigenvalue weighted by atomic mass is 9.90. The van der Waals surface area contributed by atoms with E-state index in [0.29, 0.717) is 6.42 Å². The monoisotopic (exact) mass is 373 g/mol. The molecule has 1 aromatic rings. The van der Waals surface area contributed by atoms with Gasteiger partial charge in [-0.25, -0.2) is 0 Å². The van der Waals surface area contributed by atoms with Crippen LogP contribution in [0.15, 0.2) is 30.4 Å². The van der Waals surface area contributed by atoms with E-state index in [1.165, 1.54) is 24.3 Å². The number of amides is 1. The number of carbonyl (C=O) groups is 1. The number of benzene rings is 1. The summed E-state index contributed by atoms with van der Waals surface area (Å²) in [7, 11) is 0. The molecule has 25 heavy (non-hydrogen) atoms. The molecule has 1 aromatic carbocycles. The molecule has 1 saturated carbocycles. The van der Waals surface area contributed by atoms with Gasteiger partial charge in [-0.15, -0.1) is 0 Å². The third-order valence-electron chi connectivity index (χ3n) is 4.46. The summed E-state index contributed by atoms with van der Waals surface area (Å²) < 4.78 is 48.2. The van der Waals surface area contributed by atoms with Crippen molar-refractivity contribution < 1.29 is 22.7 Å². The fourth-order valence-corrected chi connectivity index (χ4v) is 3.12. The first-order valence-corrected chi connectivity index (χ1v) is 8.69. The Morgan fingerprint density at radius 3 is 2.72 bits per heavy atom. The van der Waals surface area contributed by atoms with Gasteiger partial charge in [0, 0.05) is 16.3 Å². The van der Waals surface area contributed by atoms with Crippen molar-refractivity contribution in [2.24, 2.45) is 5.92 Å². The SMILES string of the molecule is CCC[C@@H]1O[C@](/C=C/C2CC2)(C(F)(F)F)c2cc(Cl)ccc2NC1=O. The van der Waals surface area contributed by atoms with Crippen LogP contribution in [0.25, 0.3) is 0 Å². The molecule has 1 fully saturated rings. The Morgan fingerprint density at radius 2 is 2.12 bits per heavy atom. The molecule has 0 bridgehead atoms. The molecule has 0 unspecified atom stereocenters. The number of alkyl halides is 3. The zero-order valence-electron chi connectivity index (χ0n) is 13.7. The molecule has 1 aliphatic heterocycles. The van der Waals surface area contributed by atoms with Crippen molar-refractivity contribution in [1.82, 2.24) is 0 Å². The van der Waals surface area contributed by atoms with Gasteiger partial charge in [-0.3, -0.25) is 4.79 Å². The van der Waals surface area contributed by atoms with Gasteiger partial charge in [0.15, 0.2) is 0 Å². The summed E-state index contributed by atoms with van der Waals surface area (Å²) in [6, 6.07) is 4.06. The Bertz CT molecular complexity index is 700. The van der Waals surface area contributed by atoms with Crippen molar-refractivity contribution in [3.8, 4) is 0 Å². The third kappa shape index (κ3) is 3.55. The second-order valence-corrected chi connectivity index (χ2v) is 6.94. The zero-order valence-corrected chi connectivity index (χ0v) is 14.5. The average Bonchev–Trinajstić information content (AvgIpc) is 3.35. The lowest BCUT2D eigenvalue weighted by Gasteiger charge is -2.35. The van der Waals surface area contributed by atoms with Gasteiger partial charge in [-0.1, -0.05) is 31.0 Å². The zero-order chi connectivity index (χ0) is 18.2. The van der Waals surface area contributed by atoms with Crippen LogP contribution in [0.2, 0.25) is 5.02 Å². The standard InChI is InChI=1S/C18H19ClF3NO2/c1-2-3-15-16(24)23-14-7-6-12(19)10-13(14)17(25-15,18(20,21)22)9-8-11-4-5-11/h6-11,15H,2-5H2,1H3,(H,23,24)/b9-8+/t15-,17-/m0/s1. The Labute approximate surface area is 149 Å². The first-order valence-electron chi connectivity index (χ1n) is 8.31. The molecule has 2 aliphatic rings. The number of ether oxygens (including phenoxy) is 1. The van der Waals surface area contributed by atoms with Crippen molar-refractivity contribution in [2.75, 3.05) is 5.32 Å². The summed E-state index contributed by atoms with van der Waals surface area (Å²) in [5, 5.41) is 2.71. The number of hydrogen-bond acceptors (Lipinski definition) is 2. The maximum absolute atomic E-state index is 14.2. The van der Waals surface area contributed by atoms with Gasteiger partial charge in [0.25, 0.3) is 5.91 Å². The minimum atomic E-state index is -4.74. The Balaban J connectivity index is 2.19. The first-order chi connectivity index (χ1) is 11.8. The Kier molecular flexibility index (Phi) is 4.86. The lowest BCUT2D eigenvalue weighted by molar-refractivity contribution is -0.273. The van der Waals surface area contributed by atoms with Crippen molar-refractivity contribution in [3.05, 3.63) is 40.9 Å². The van der Waals surface area contributed by atoms with Crippen molar-refractivity contribution in [3.63, 3.8) is 0 Å². The van der Waals surface area contributed by atoms with E-state index < -0.39 is 23.8 Å².